The molecule has 19 heavy (non-hydrogen) atoms. The first kappa shape index (κ1) is 16.0. The Kier molecular flexibility index (Phi) is 5.85. The maximum Gasteiger partial charge on any atom is 0.127 e. The molecule has 1 unspecified atom stereocenters. The molecule has 0 saturated heterocycles. The molecule has 108 valence electrons. The molecule has 0 radical (unpaired) electrons. The monoisotopic (exact) mass is 273 g/mol. The van der Waals surface area contributed by atoms with E-state index in [1.54, 1.807) is 0 Å². The number of halogens is 2. The molecule has 1 aromatic carbocycles. The minimum atomic E-state index is -0.684. The molecule has 0 bridgehead atoms. The molecule has 0 aromatic heterocycles. The average molecular weight is 273 g/mol. The topological polar surface area (TPSA) is 41.5 Å². The van der Waals surface area contributed by atoms with Crippen molar-refractivity contribution in [3.63, 3.8) is 0 Å². The highest BCUT2D eigenvalue weighted by atomic mass is 19.1. The van der Waals surface area contributed by atoms with Crippen LogP contribution in [0.4, 0.5) is 8.78 Å². The van der Waals surface area contributed by atoms with Crippen LogP contribution in [0.1, 0.15) is 26.3 Å². The third-order valence-corrected chi connectivity index (χ3v) is 2.41. The van der Waals surface area contributed by atoms with Crippen LogP contribution in [0.25, 0.3) is 0 Å². The lowest BCUT2D eigenvalue weighted by atomic mass is 10.2. The van der Waals surface area contributed by atoms with Crippen molar-refractivity contribution in [3.05, 3.63) is 35.4 Å². The van der Waals surface area contributed by atoms with Crippen LogP contribution in [-0.2, 0) is 11.3 Å². The van der Waals surface area contributed by atoms with Crippen LogP contribution in [-0.4, -0.2) is 30.0 Å². The number of benzene rings is 1. The molecule has 1 aromatic rings. The Morgan fingerprint density at radius 3 is 2.63 bits per heavy atom. The third-order valence-electron chi connectivity index (χ3n) is 2.41. The van der Waals surface area contributed by atoms with Gasteiger partial charge in [-0.1, -0.05) is 0 Å². The first-order chi connectivity index (χ1) is 8.78. The highest BCUT2D eigenvalue weighted by molar-refractivity contribution is 5.18. The van der Waals surface area contributed by atoms with Gasteiger partial charge in [-0.3, -0.25) is 0 Å². The van der Waals surface area contributed by atoms with Gasteiger partial charge in [0.25, 0.3) is 0 Å². The molecule has 0 aliphatic rings. The standard InChI is InChI=1S/C14H21F2NO2/c1-14(2,3)19-9-12(18)8-17-7-10-6-11(15)4-5-13(10)16/h4-6,12,17-18H,7-9H2,1-3H3. The Bertz CT molecular complexity index is 405. The quantitative estimate of drug-likeness (QED) is 0.835. The Balaban J connectivity index is 2.32. The summed E-state index contributed by atoms with van der Waals surface area (Å²) >= 11 is 0. The molecular formula is C14H21F2NO2. The van der Waals surface area contributed by atoms with Crippen LogP contribution in [0.3, 0.4) is 0 Å². The first-order valence-electron chi connectivity index (χ1n) is 6.24. The molecule has 1 atom stereocenters. The van der Waals surface area contributed by atoms with Crippen molar-refractivity contribution in [2.45, 2.75) is 39.0 Å². The highest BCUT2D eigenvalue weighted by Crippen LogP contribution is 2.09. The highest BCUT2D eigenvalue weighted by Gasteiger charge is 2.13. The molecule has 3 nitrogen and oxygen atoms in total. The summed E-state index contributed by atoms with van der Waals surface area (Å²) in [7, 11) is 0. The van der Waals surface area contributed by atoms with Gasteiger partial charge in [0.2, 0.25) is 0 Å². The summed E-state index contributed by atoms with van der Waals surface area (Å²) in [4.78, 5) is 0. The SMILES string of the molecule is CC(C)(C)OCC(O)CNCc1cc(F)ccc1F. The van der Waals surface area contributed by atoms with Crippen molar-refractivity contribution >= 4 is 0 Å². The van der Waals surface area contributed by atoms with Gasteiger partial charge in [0.05, 0.1) is 18.3 Å². The van der Waals surface area contributed by atoms with Crippen molar-refractivity contribution < 1.29 is 18.6 Å². The van der Waals surface area contributed by atoms with E-state index in [0.29, 0.717) is 0 Å². The maximum atomic E-state index is 13.3. The fraction of sp³-hybridized carbons (Fsp3) is 0.571. The maximum absolute atomic E-state index is 13.3. The van der Waals surface area contributed by atoms with E-state index in [-0.39, 0.29) is 30.9 Å². The van der Waals surface area contributed by atoms with Gasteiger partial charge < -0.3 is 15.2 Å². The van der Waals surface area contributed by atoms with Crippen molar-refractivity contribution in [1.82, 2.24) is 5.32 Å². The first-order valence-corrected chi connectivity index (χ1v) is 6.24. The summed E-state index contributed by atoms with van der Waals surface area (Å²) in [5.74, 6) is -0.941. The number of nitrogens with one attached hydrogen (secondary N) is 1. The zero-order valence-electron chi connectivity index (χ0n) is 11.5. The molecule has 0 amide bonds. The predicted molar refractivity (Wildman–Crippen MR) is 69.8 cm³/mol. The zero-order chi connectivity index (χ0) is 14.5. The predicted octanol–water partition coefficient (Wildman–Crippen LogP) is 2.23. The van der Waals surface area contributed by atoms with E-state index in [1.807, 2.05) is 20.8 Å². The number of hydrogen-bond donors (Lipinski definition) is 2. The summed E-state index contributed by atoms with van der Waals surface area (Å²) in [5, 5.41) is 12.5. The Morgan fingerprint density at radius 1 is 1.32 bits per heavy atom. The van der Waals surface area contributed by atoms with Crippen LogP contribution in [0.2, 0.25) is 0 Å². The van der Waals surface area contributed by atoms with Crippen LogP contribution in [0, 0.1) is 11.6 Å². The molecule has 0 aliphatic carbocycles. The fourth-order valence-corrected chi connectivity index (χ4v) is 1.46. The lowest BCUT2D eigenvalue weighted by Gasteiger charge is -2.22. The van der Waals surface area contributed by atoms with E-state index < -0.39 is 17.7 Å². The summed E-state index contributed by atoms with van der Waals surface area (Å²) < 4.78 is 31.6. The van der Waals surface area contributed by atoms with E-state index >= 15 is 0 Å². The van der Waals surface area contributed by atoms with Gasteiger partial charge in [-0.25, -0.2) is 8.78 Å². The van der Waals surface area contributed by atoms with Gasteiger partial charge in [0, 0.05) is 18.7 Å². The second-order valence-corrected chi connectivity index (χ2v) is 5.44. The van der Waals surface area contributed by atoms with Crippen LogP contribution in [0.15, 0.2) is 18.2 Å². The molecule has 0 heterocycles. The molecule has 0 spiro atoms. The van der Waals surface area contributed by atoms with Gasteiger partial charge in [0.1, 0.15) is 11.6 Å². The van der Waals surface area contributed by atoms with E-state index in [9.17, 15) is 13.9 Å². The summed E-state index contributed by atoms with van der Waals surface area (Å²) in [6, 6.07) is 3.30. The molecule has 1 rings (SSSR count). The van der Waals surface area contributed by atoms with E-state index in [1.165, 1.54) is 0 Å². The largest absolute Gasteiger partial charge is 0.389 e. The van der Waals surface area contributed by atoms with Crippen LogP contribution in [0.5, 0.6) is 0 Å². The van der Waals surface area contributed by atoms with E-state index in [0.717, 1.165) is 18.2 Å². The molecular weight excluding hydrogens is 252 g/mol. The Labute approximate surface area is 112 Å². The second-order valence-electron chi connectivity index (χ2n) is 5.44. The number of aliphatic hydroxyl groups excluding tert-OH is 1. The minimum Gasteiger partial charge on any atom is -0.389 e. The summed E-state index contributed by atoms with van der Waals surface area (Å²) in [6.45, 7) is 6.31. The second kappa shape index (κ2) is 6.93. The van der Waals surface area contributed by atoms with Crippen LogP contribution >= 0.6 is 0 Å². The van der Waals surface area contributed by atoms with Gasteiger partial charge in [-0.15, -0.1) is 0 Å². The van der Waals surface area contributed by atoms with Gasteiger partial charge in [-0.2, -0.15) is 0 Å². The Morgan fingerprint density at radius 2 is 2.00 bits per heavy atom. The molecule has 0 fully saturated rings. The summed E-state index contributed by atoms with van der Waals surface area (Å²) in [6.07, 6.45) is -0.684. The Hall–Kier alpha value is -1.04. The van der Waals surface area contributed by atoms with Crippen molar-refractivity contribution in [2.75, 3.05) is 13.2 Å². The number of hydrogen-bond acceptors (Lipinski definition) is 3. The van der Waals surface area contributed by atoms with Gasteiger partial charge in [-0.05, 0) is 39.0 Å². The van der Waals surface area contributed by atoms with Crippen LogP contribution < -0.4 is 5.32 Å². The molecule has 2 N–H and O–H groups in total. The van der Waals surface area contributed by atoms with E-state index in [2.05, 4.69) is 5.32 Å². The number of aliphatic hydroxyl groups is 1. The lowest BCUT2D eigenvalue weighted by molar-refractivity contribution is -0.0479. The lowest BCUT2D eigenvalue weighted by Crippen LogP contribution is -2.33. The smallest absolute Gasteiger partial charge is 0.127 e. The number of ether oxygens (including phenoxy) is 1. The van der Waals surface area contributed by atoms with Crippen molar-refractivity contribution in [1.29, 1.82) is 0 Å². The van der Waals surface area contributed by atoms with Gasteiger partial charge >= 0.3 is 0 Å². The normalized spacial score (nSPS) is 13.6. The zero-order valence-corrected chi connectivity index (χ0v) is 11.5. The molecule has 0 aliphatic heterocycles. The summed E-state index contributed by atoms with van der Waals surface area (Å²) in [5.41, 5.74) is -0.0701. The molecule has 5 heteroatoms. The van der Waals surface area contributed by atoms with E-state index in [4.69, 9.17) is 4.74 Å². The molecule has 0 saturated carbocycles. The minimum absolute atomic E-state index is 0.163. The van der Waals surface area contributed by atoms with Gasteiger partial charge in [0.15, 0.2) is 0 Å². The fourth-order valence-electron chi connectivity index (χ4n) is 1.46. The average Bonchev–Trinajstić information content (AvgIpc) is 2.30. The third kappa shape index (κ3) is 6.61. The van der Waals surface area contributed by atoms with Crippen molar-refractivity contribution in [2.24, 2.45) is 0 Å². The number of rotatable bonds is 6. The van der Waals surface area contributed by atoms with Crippen molar-refractivity contribution in [3.8, 4) is 0 Å².